The first-order chi connectivity index (χ1) is 12.1. The molecule has 0 radical (unpaired) electrons. The summed E-state index contributed by atoms with van der Waals surface area (Å²) < 4.78 is 43.5. The van der Waals surface area contributed by atoms with Gasteiger partial charge in [-0.3, -0.25) is 14.9 Å². The lowest BCUT2D eigenvalue weighted by Gasteiger charge is -2.13. The van der Waals surface area contributed by atoms with Crippen molar-refractivity contribution < 1.29 is 27.6 Å². The number of benzene rings is 2. The summed E-state index contributed by atoms with van der Waals surface area (Å²) in [6.45, 7) is 0. The minimum absolute atomic E-state index is 0.211. The number of alkyl halides is 3. The van der Waals surface area contributed by atoms with Crippen molar-refractivity contribution in [2.24, 2.45) is 11.5 Å². The lowest BCUT2D eigenvalue weighted by molar-refractivity contribution is -0.385. The smallest absolute Gasteiger partial charge is 0.416 e. The van der Waals surface area contributed by atoms with Crippen LogP contribution in [0.5, 0.6) is 11.5 Å². The van der Waals surface area contributed by atoms with Crippen LogP contribution in [0.15, 0.2) is 42.5 Å². The van der Waals surface area contributed by atoms with Crippen LogP contribution in [0.3, 0.4) is 0 Å². The van der Waals surface area contributed by atoms with Crippen LogP contribution >= 0.6 is 0 Å². The van der Waals surface area contributed by atoms with Gasteiger partial charge >= 0.3 is 11.9 Å². The second-order valence-corrected chi connectivity index (χ2v) is 5.39. The summed E-state index contributed by atoms with van der Waals surface area (Å²) in [5.74, 6) is -1.15. The second kappa shape index (κ2) is 7.40. The van der Waals surface area contributed by atoms with Gasteiger partial charge in [0.1, 0.15) is 5.75 Å². The van der Waals surface area contributed by atoms with E-state index in [0.29, 0.717) is 0 Å². The fourth-order valence-electron chi connectivity index (χ4n) is 2.19. The molecule has 0 aliphatic rings. The number of nitro benzene ring substituents is 1. The minimum atomic E-state index is -4.57. The van der Waals surface area contributed by atoms with Crippen molar-refractivity contribution in [3.05, 3.63) is 63.7 Å². The molecule has 0 spiro atoms. The Labute approximate surface area is 145 Å². The third kappa shape index (κ3) is 4.70. The van der Waals surface area contributed by atoms with Gasteiger partial charge in [-0.05, 0) is 29.8 Å². The summed E-state index contributed by atoms with van der Waals surface area (Å²) in [5.41, 5.74) is 9.61. The van der Waals surface area contributed by atoms with Crippen LogP contribution in [-0.4, -0.2) is 10.8 Å². The average molecular weight is 369 g/mol. The number of amides is 1. The number of nitro groups is 1. The highest BCUT2D eigenvalue weighted by molar-refractivity contribution is 5.74. The van der Waals surface area contributed by atoms with E-state index in [2.05, 4.69) is 0 Å². The van der Waals surface area contributed by atoms with Crippen molar-refractivity contribution >= 4 is 11.6 Å². The predicted octanol–water partition coefficient (Wildman–Crippen LogP) is 3.28. The number of primary amides is 1. The minimum Gasteiger partial charge on any atom is -0.450 e. The Balaban J connectivity index is 2.35. The van der Waals surface area contributed by atoms with Crippen LogP contribution in [0.4, 0.5) is 18.9 Å². The highest BCUT2D eigenvalue weighted by Gasteiger charge is 2.31. The maximum Gasteiger partial charge on any atom is 0.416 e. The zero-order valence-corrected chi connectivity index (χ0v) is 13.2. The van der Waals surface area contributed by atoms with E-state index in [9.17, 15) is 28.1 Å². The molecule has 2 aromatic carbocycles. The van der Waals surface area contributed by atoms with E-state index >= 15 is 0 Å². The van der Waals surface area contributed by atoms with Gasteiger partial charge in [0.05, 0.1) is 10.5 Å². The molecule has 2 aromatic rings. The van der Waals surface area contributed by atoms with Gasteiger partial charge in [-0.25, -0.2) is 0 Å². The molecule has 0 heterocycles. The number of halogens is 3. The number of nitrogens with zero attached hydrogens (tertiary/aromatic N) is 1. The van der Waals surface area contributed by atoms with Gasteiger partial charge in [0.15, 0.2) is 0 Å². The van der Waals surface area contributed by atoms with E-state index in [1.165, 1.54) is 18.2 Å². The second-order valence-electron chi connectivity index (χ2n) is 5.39. The molecule has 4 N–H and O–H groups in total. The summed E-state index contributed by atoms with van der Waals surface area (Å²) in [6, 6.07) is 6.78. The van der Waals surface area contributed by atoms with Gasteiger partial charge in [-0.2, -0.15) is 13.2 Å². The van der Waals surface area contributed by atoms with E-state index in [4.69, 9.17) is 16.2 Å². The Kier molecular flexibility index (Phi) is 5.46. The molecule has 0 saturated carbocycles. The van der Waals surface area contributed by atoms with E-state index in [1.807, 2.05) is 0 Å². The highest BCUT2D eigenvalue weighted by atomic mass is 19.4. The van der Waals surface area contributed by atoms with Crippen LogP contribution in [0.1, 0.15) is 23.6 Å². The molecule has 1 unspecified atom stereocenters. The highest BCUT2D eigenvalue weighted by Crippen LogP contribution is 2.36. The fraction of sp³-hybridized carbons (Fsp3) is 0.188. The Bertz CT molecular complexity index is 840. The quantitative estimate of drug-likeness (QED) is 0.598. The van der Waals surface area contributed by atoms with Crippen molar-refractivity contribution in [3.63, 3.8) is 0 Å². The third-order valence-corrected chi connectivity index (χ3v) is 3.42. The van der Waals surface area contributed by atoms with Gasteiger partial charge in [0.2, 0.25) is 11.7 Å². The number of hydrogen-bond donors (Lipinski definition) is 2. The van der Waals surface area contributed by atoms with Crippen molar-refractivity contribution in [2.45, 2.75) is 18.6 Å². The Hall–Kier alpha value is -3.14. The maximum absolute atomic E-state index is 12.7. The molecule has 10 heteroatoms. The van der Waals surface area contributed by atoms with Crippen LogP contribution < -0.4 is 16.2 Å². The summed E-state index contributed by atoms with van der Waals surface area (Å²) in [5, 5.41) is 11.2. The van der Waals surface area contributed by atoms with E-state index in [-0.39, 0.29) is 23.5 Å². The molecule has 2 rings (SSSR count). The molecule has 1 atom stereocenters. The first-order valence-corrected chi connectivity index (χ1v) is 7.25. The Morgan fingerprint density at radius 3 is 2.50 bits per heavy atom. The van der Waals surface area contributed by atoms with Crippen molar-refractivity contribution in [1.82, 2.24) is 0 Å². The third-order valence-electron chi connectivity index (χ3n) is 3.42. The molecule has 0 fully saturated rings. The molecule has 0 aliphatic carbocycles. The summed E-state index contributed by atoms with van der Waals surface area (Å²) >= 11 is 0. The molecule has 1 amide bonds. The van der Waals surface area contributed by atoms with Gasteiger partial charge in [0.25, 0.3) is 0 Å². The zero-order chi connectivity index (χ0) is 19.5. The average Bonchev–Trinajstić information content (AvgIpc) is 2.53. The summed E-state index contributed by atoms with van der Waals surface area (Å²) in [6.07, 6.45) is -4.79. The lowest BCUT2D eigenvalue weighted by Crippen LogP contribution is -2.20. The largest absolute Gasteiger partial charge is 0.450 e. The summed E-state index contributed by atoms with van der Waals surface area (Å²) in [7, 11) is 0. The van der Waals surface area contributed by atoms with Gasteiger partial charge in [-0.1, -0.05) is 12.1 Å². The molecule has 7 nitrogen and oxygen atoms in total. The van der Waals surface area contributed by atoms with Crippen molar-refractivity contribution in [3.8, 4) is 11.5 Å². The molecule has 26 heavy (non-hydrogen) atoms. The monoisotopic (exact) mass is 369 g/mol. The van der Waals surface area contributed by atoms with Gasteiger partial charge in [0, 0.05) is 18.5 Å². The topological polar surface area (TPSA) is 121 Å². The Morgan fingerprint density at radius 1 is 1.23 bits per heavy atom. The van der Waals surface area contributed by atoms with Crippen LogP contribution in [-0.2, 0) is 11.0 Å². The lowest BCUT2D eigenvalue weighted by atomic mass is 10.0. The maximum atomic E-state index is 12.7. The first kappa shape index (κ1) is 19.2. The number of hydrogen-bond acceptors (Lipinski definition) is 5. The molecule has 0 aliphatic heterocycles. The number of nitrogens with two attached hydrogens (primary N) is 2. The number of carbonyl (C=O) groups excluding carboxylic acids is 1. The molecular weight excluding hydrogens is 355 g/mol. The van der Waals surface area contributed by atoms with E-state index < -0.39 is 34.3 Å². The first-order valence-electron chi connectivity index (χ1n) is 7.25. The molecule has 0 saturated heterocycles. The zero-order valence-electron chi connectivity index (χ0n) is 13.2. The number of carbonyl (C=O) groups is 1. The van der Waals surface area contributed by atoms with E-state index in [1.54, 1.807) is 0 Å². The Morgan fingerprint density at radius 2 is 1.92 bits per heavy atom. The molecule has 138 valence electrons. The molecule has 0 aromatic heterocycles. The van der Waals surface area contributed by atoms with Gasteiger partial charge in [-0.15, -0.1) is 0 Å². The SMILES string of the molecule is NC(=O)CC(N)c1ccc(Oc2cccc(C(F)(F)F)c2)c([N+](=O)[O-])c1. The van der Waals surface area contributed by atoms with Crippen LogP contribution in [0.2, 0.25) is 0 Å². The summed E-state index contributed by atoms with van der Waals surface area (Å²) in [4.78, 5) is 21.4. The fourth-order valence-corrected chi connectivity index (χ4v) is 2.19. The van der Waals surface area contributed by atoms with Crippen molar-refractivity contribution in [1.29, 1.82) is 0 Å². The predicted molar refractivity (Wildman–Crippen MR) is 85.4 cm³/mol. The van der Waals surface area contributed by atoms with Gasteiger partial charge < -0.3 is 16.2 Å². The van der Waals surface area contributed by atoms with Crippen LogP contribution in [0.25, 0.3) is 0 Å². The van der Waals surface area contributed by atoms with Crippen LogP contribution in [0, 0.1) is 10.1 Å². The normalized spacial score (nSPS) is 12.5. The van der Waals surface area contributed by atoms with Crippen molar-refractivity contribution in [2.75, 3.05) is 0 Å². The number of ether oxygens (including phenoxy) is 1. The number of rotatable bonds is 6. The molecular formula is C16H14F3N3O4. The standard InChI is InChI=1S/C16H14F3N3O4/c17-16(18,19)10-2-1-3-11(7-10)26-14-5-4-9(6-13(14)22(24)25)12(20)8-15(21)23/h1-7,12H,8,20H2,(H2,21,23). The van der Waals surface area contributed by atoms with E-state index in [0.717, 1.165) is 24.3 Å². The molecule has 0 bridgehead atoms.